The lowest BCUT2D eigenvalue weighted by Gasteiger charge is -2.26. The van der Waals surface area contributed by atoms with E-state index in [1.165, 1.54) is 18.6 Å². The van der Waals surface area contributed by atoms with Crippen LogP contribution < -0.4 is 15.6 Å². The number of anilines is 4. The van der Waals surface area contributed by atoms with Crippen molar-refractivity contribution in [3.63, 3.8) is 0 Å². The van der Waals surface area contributed by atoms with Gasteiger partial charge in [0.2, 0.25) is 17.8 Å². The summed E-state index contributed by atoms with van der Waals surface area (Å²) in [5.41, 5.74) is 6.75. The number of rotatable bonds is 6. The average molecular weight is 445 g/mol. The largest absolute Gasteiger partial charge is 0.358 e. The van der Waals surface area contributed by atoms with Gasteiger partial charge in [-0.15, -0.1) is 0 Å². The highest BCUT2D eigenvalue weighted by molar-refractivity contribution is 6.00. The zero-order valence-electron chi connectivity index (χ0n) is 18.3. The molecule has 0 saturated carbocycles. The third-order valence-corrected chi connectivity index (χ3v) is 5.66. The van der Waals surface area contributed by atoms with Crippen molar-refractivity contribution in [2.45, 2.75) is 26.2 Å². The molecule has 2 aromatic heterocycles. The molecule has 3 heterocycles. The van der Waals surface area contributed by atoms with Crippen molar-refractivity contribution in [2.75, 3.05) is 28.7 Å². The van der Waals surface area contributed by atoms with E-state index >= 15 is 0 Å². The maximum atomic E-state index is 13.3. The molecule has 3 N–H and O–H groups in total. The molecule has 2 aromatic carbocycles. The number of H-pyrrole nitrogens is 1. The van der Waals surface area contributed by atoms with Crippen LogP contribution in [0.2, 0.25) is 0 Å². The predicted molar refractivity (Wildman–Crippen MR) is 130 cm³/mol. The number of piperidine rings is 1. The Labute approximate surface area is 191 Å². The predicted octanol–water partition coefficient (Wildman–Crippen LogP) is 4.98. The van der Waals surface area contributed by atoms with Gasteiger partial charge in [0.05, 0.1) is 6.21 Å². The van der Waals surface area contributed by atoms with E-state index < -0.39 is 0 Å². The molecule has 0 amide bonds. The molecule has 0 aliphatic carbocycles. The molecule has 0 atom stereocenters. The lowest BCUT2D eigenvalue weighted by molar-refractivity contribution is 0.568. The molecule has 5 rings (SSSR count). The Morgan fingerprint density at radius 1 is 0.970 bits per heavy atom. The summed E-state index contributed by atoms with van der Waals surface area (Å²) in [4.78, 5) is 19.2. The van der Waals surface area contributed by atoms with E-state index in [1.807, 2.05) is 25.1 Å². The van der Waals surface area contributed by atoms with E-state index in [0.717, 1.165) is 48.1 Å². The summed E-state index contributed by atoms with van der Waals surface area (Å²) in [6, 6.07) is 14.2. The minimum atomic E-state index is -0.297. The number of aryl methyl sites for hydroxylation is 1. The minimum absolute atomic E-state index is 0.297. The van der Waals surface area contributed by atoms with Gasteiger partial charge in [-0.25, -0.2) is 9.82 Å². The van der Waals surface area contributed by atoms with Gasteiger partial charge in [-0.2, -0.15) is 20.1 Å². The van der Waals surface area contributed by atoms with Gasteiger partial charge in [0.1, 0.15) is 5.82 Å². The molecule has 0 unspecified atom stereocenters. The molecule has 0 spiro atoms. The Bertz CT molecular complexity index is 1280. The van der Waals surface area contributed by atoms with Crippen LogP contribution in [0.4, 0.5) is 27.9 Å². The summed E-state index contributed by atoms with van der Waals surface area (Å²) in [5, 5.41) is 8.63. The number of nitrogens with one attached hydrogen (secondary N) is 3. The van der Waals surface area contributed by atoms with Crippen molar-refractivity contribution in [1.29, 1.82) is 0 Å². The van der Waals surface area contributed by atoms with Crippen LogP contribution in [-0.4, -0.2) is 39.2 Å². The van der Waals surface area contributed by atoms with Gasteiger partial charge in [-0.3, -0.25) is 0 Å². The fourth-order valence-electron chi connectivity index (χ4n) is 3.99. The normalized spacial score (nSPS) is 14.2. The topological polar surface area (TPSA) is 94.1 Å². The standard InChI is InChI=1S/C24H25FN8/c1-16-20(19-7-3-4-8-21(19)27-16)15-26-32-23-29-22(28-18-11-9-17(25)10-12-18)30-24(31-23)33-13-5-2-6-14-33/h3-4,7-12,15,27H,2,5-6,13-14H2,1H3,(H2,28,29,30,31,32)/b26-15-. The Balaban J connectivity index is 1.41. The fourth-order valence-corrected chi connectivity index (χ4v) is 3.99. The summed E-state index contributed by atoms with van der Waals surface area (Å²) in [7, 11) is 0. The number of aromatic nitrogens is 4. The highest BCUT2D eigenvalue weighted by Gasteiger charge is 2.16. The Hall–Kier alpha value is -4.01. The SMILES string of the molecule is Cc1[nH]c2ccccc2c1/C=N\Nc1nc(Nc2ccc(F)cc2)nc(N2CCCCC2)n1. The van der Waals surface area contributed by atoms with Crippen LogP contribution in [0.1, 0.15) is 30.5 Å². The summed E-state index contributed by atoms with van der Waals surface area (Å²) < 4.78 is 13.3. The zero-order valence-corrected chi connectivity index (χ0v) is 18.3. The van der Waals surface area contributed by atoms with Crippen LogP contribution in [0.15, 0.2) is 53.6 Å². The number of nitrogens with zero attached hydrogens (tertiary/aromatic N) is 5. The number of fused-ring (bicyclic) bond motifs is 1. The summed E-state index contributed by atoms with van der Waals surface area (Å²) in [5.74, 6) is 1.01. The Morgan fingerprint density at radius 3 is 2.55 bits per heavy atom. The van der Waals surface area contributed by atoms with Gasteiger partial charge in [0, 0.05) is 40.9 Å². The minimum Gasteiger partial charge on any atom is -0.358 e. The van der Waals surface area contributed by atoms with Crippen LogP contribution in [0.25, 0.3) is 10.9 Å². The second-order valence-electron chi connectivity index (χ2n) is 8.04. The number of aromatic amines is 1. The van der Waals surface area contributed by atoms with Gasteiger partial charge < -0.3 is 15.2 Å². The van der Waals surface area contributed by atoms with Crippen LogP contribution in [0, 0.1) is 12.7 Å². The summed E-state index contributed by atoms with van der Waals surface area (Å²) >= 11 is 0. The first-order valence-electron chi connectivity index (χ1n) is 11.1. The van der Waals surface area contributed by atoms with Crippen molar-refractivity contribution >= 4 is 40.6 Å². The smallest absolute Gasteiger partial charge is 0.250 e. The number of benzene rings is 2. The monoisotopic (exact) mass is 444 g/mol. The quantitative estimate of drug-likeness (QED) is 0.287. The third-order valence-electron chi connectivity index (χ3n) is 5.66. The van der Waals surface area contributed by atoms with Gasteiger partial charge >= 0.3 is 0 Å². The van der Waals surface area contributed by atoms with Crippen molar-refractivity contribution in [3.8, 4) is 0 Å². The van der Waals surface area contributed by atoms with Gasteiger partial charge in [-0.05, 0) is 56.5 Å². The second kappa shape index (κ2) is 9.23. The number of hydrogen-bond acceptors (Lipinski definition) is 7. The molecule has 9 heteroatoms. The van der Waals surface area contributed by atoms with E-state index in [-0.39, 0.29) is 5.82 Å². The van der Waals surface area contributed by atoms with Crippen LogP contribution in [0.5, 0.6) is 0 Å². The molecule has 1 fully saturated rings. The Kier molecular flexibility index (Phi) is 5.84. The van der Waals surface area contributed by atoms with Crippen molar-refractivity contribution in [2.24, 2.45) is 5.10 Å². The van der Waals surface area contributed by atoms with E-state index in [2.05, 4.69) is 46.7 Å². The number of hydrogen-bond donors (Lipinski definition) is 3. The number of para-hydroxylation sites is 1. The summed E-state index contributed by atoms with van der Waals surface area (Å²) in [6.07, 6.45) is 5.19. The summed E-state index contributed by atoms with van der Waals surface area (Å²) in [6.45, 7) is 3.82. The maximum Gasteiger partial charge on any atom is 0.250 e. The molecule has 0 radical (unpaired) electrons. The molecular weight excluding hydrogens is 419 g/mol. The lowest BCUT2D eigenvalue weighted by Crippen LogP contribution is -2.31. The molecular formula is C24H25FN8. The van der Waals surface area contributed by atoms with Crippen LogP contribution >= 0.6 is 0 Å². The molecule has 4 aromatic rings. The van der Waals surface area contributed by atoms with Gasteiger partial charge in [0.25, 0.3) is 0 Å². The van der Waals surface area contributed by atoms with E-state index in [9.17, 15) is 4.39 Å². The number of halogens is 1. The Morgan fingerprint density at radius 2 is 1.73 bits per heavy atom. The fraction of sp³-hybridized carbons (Fsp3) is 0.250. The molecule has 33 heavy (non-hydrogen) atoms. The zero-order chi connectivity index (χ0) is 22.6. The van der Waals surface area contributed by atoms with Crippen LogP contribution in [-0.2, 0) is 0 Å². The molecule has 0 bridgehead atoms. The molecule has 8 nitrogen and oxygen atoms in total. The lowest BCUT2D eigenvalue weighted by atomic mass is 10.1. The van der Waals surface area contributed by atoms with Crippen molar-refractivity contribution < 1.29 is 4.39 Å². The van der Waals surface area contributed by atoms with E-state index in [0.29, 0.717) is 23.5 Å². The molecule has 1 aliphatic rings. The van der Waals surface area contributed by atoms with Crippen molar-refractivity contribution in [1.82, 2.24) is 19.9 Å². The highest BCUT2D eigenvalue weighted by Crippen LogP contribution is 2.22. The first-order valence-corrected chi connectivity index (χ1v) is 11.1. The van der Waals surface area contributed by atoms with E-state index in [4.69, 9.17) is 0 Å². The molecule has 1 aliphatic heterocycles. The van der Waals surface area contributed by atoms with Crippen molar-refractivity contribution in [3.05, 3.63) is 65.6 Å². The van der Waals surface area contributed by atoms with Gasteiger partial charge in [0.15, 0.2) is 0 Å². The average Bonchev–Trinajstić information content (AvgIpc) is 3.16. The first-order chi connectivity index (χ1) is 16.2. The first kappa shape index (κ1) is 20.9. The second-order valence-corrected chi connectivity index (χ2v) is 8.04. The van der Waals surface area contributed by atoms with E-state index in [1.54, 1.807) is 18.3 Å². The maximum absolute atomic E-state index is 13.3. The molecule has 1 saturated heterocycles. The highest BCUT2D eigenvalue weighted by atomic mass is 19.1. The van der Waals surface area contributed by atoms with Gasteiger partial charge in [-0.1, -0.05) is 18.2 Å². The third kappa shape index (κ3) is 4.77. The number of hydrazone groups is 1. The molecule has 168 valence electrons. The van der Waals surface area contributed by atoms with Crippen LogP contribution in [0.3, 0.4) is 0 Å².